The summed E-state index contributed by atoms with van der Waals surface area (Å²) in [6, 6.07) is 14.4. The van der Waals surface area contributed by atoms with Crippen molar-refractivity contribution in [3.8, 4) is 27.3 Å². The molecule has 2 amide bonds. The summed E-state index contributed by atoms with van der Waals surface area (Å²) in [5.74, 6) is -0.927. The van der Waals surface area contributed by atoms with Crippen LogP contribution in [-0.4, -0.2) is 42.5 Å². The Hall–Kier alpha value is -4.54. The zero-order valence-electron chi connectivity index (χ0n) is 24.6. The smallest absolute Gasteiger partial charge is 0.357 e. The predicted molar refractivity (Wildman–Crippen MR) is 168 cm³/mol. The zero-order chi connectivity index (χ0) is 30.7. The molecule has 4 aromatic rings. The number of aromatic nitrogens is 1. The van der Waals surface area contributed by atoms with Crippen molar-refractivity contribution in [2.24, 2.45) is 5.73 Å². The highest BCUT2D eigenvalue weighted by Crippen LogP contribution is 2.44. The molecule has 1 aliphatic rings. The molecule has 0 aliphatic carbocycles. The van der Waals surface area contributed by atoms with E-state index in [1.54, 1.807) is 29.5 Å². The van der Waals surface area contributed by atoms with Crippen molar-refractivity contribution in [3.05, 3.63) is 87.6 Å². The second kappa shape index (κ2) is 12.8. The van der Waals surface area contributed by atoms with Gasteiger partial charge in [-0.15, -0.1) is 11.3 Å². The van der Waals surface area contributed by atoms with Crippen LogP contribution in [0.5, 0.6) is 5.75 Å². The lowest BCUT2D eigenvalue weighted by atomic mass is 9.93. The third kappa shape index (κ3) is 6.16. The number of hydrogen-bond acceptors (Lipinski definition) is 8. The lowest BCUT2D eigenvalue weighted by Gasteiger charge is -2.19. The fourth-order valence-corrected chi connectivity index (χ4v) is 6.09. The average molecular weight is 599 g/mol. The van der Waals surface area contributed by atoms with Crippen molar-refractivity contribution in [1.29, 1.82) is 0 Å². The van der Waals surface area contributed by atoms with Crippen molar-refractivity contribution in [3.63, 3.8) is 0 Å². The maximum absolute atomic E-state index is 14.1. The summed E-state index contributed by atoms with van der Waals surface area (Å²) in [5, 5.41) is 7.84. The Labute approximate surface area is 254 Å². The van der Waals surface area contributed by atoms with E-state index < -0.39 is 11.9 Å². The Balaban J connectivity index is 1.70. The number of nitrogens with two attached hydrogens (primary N) is 1. The van der Waals surface area contributed by atoms with Gasteiger partial charge in [-0.25, -0.2) is 9.78 Å². The lowest BCUT2D eigenvalue weighted by molar-refractivity contribution is 0.0594. The molecule has 2 aromatic carbocycles. The van der Waals surface area contributed by atoms with Crippen molar-refractivity contribution in [2.45, 2.75) is 46.3 Å². The minimum atomic E-state index is -0.732. The summed E-state index contributed by atoms with van der Waals surface area (Å²) < 4.78 is 11.4. The summed E-state index contributed by atoms with van der Waals surface area (Å²) in [4.78, 5) is 45.2. The number of carbonyl (C=O) groups is 3. The van der Waals surface area contributed by atoms with E-state index in [-0.39, 0.29) is 23.4 Å². The number of fused-ring (bicyclic) bond motifs is 3. The highest BCUT2D eigenvalue weighted by molar-refractivity contribution is 7.13. The van der Waals surface area contributed by atoms with Crippen LogP contribution in [0.4, 0.5) is 5.69 Å². The van der Waals surface area contributed by atoms with Crippen LogP contribution in [0.3, 0.4) is 0 Å². The minimum Gasteiger partial charge on any atom is -0.490 e. The highest BCUT2D eigenvalue weighted by atomic mass is 32.1. The first kappa shape index (κ1) is 29.9. The van der Waals surface area contributed by atoms with Gasteiger partial charge < -0.3 is 25.8 Å². The van der Waals surface area contributed by atoms with Crippen LogP contribution in [0.2, 0.25) is 0 Å². The molecular weight excluding hydrogens is 564 g/mol. The fourth-order valence-electron chi connectivity index (χ4n) is 5.13. The SMILES string of the molecule is CCCNC(=O)c1ccc(-c2cc3c(cc2C(=O)Nc2ccc(CN)cc2C)-c2sccc2C[C@@H](C)O3)c(C(=O)OC)n1. The van der Waals surface area contributed by atoms with E-state index in [4.69, 9.17) is 15.2 Å². The van der Waals surface area contributed by atoms with Gasteiger partial charge in [-0.2, -0.15) is 0 Å². The van der Waals surface area contributed by atoms with Gasteiger partial charge in [-0.05, 0) is 78.7 Å². The number of nitrogens with zero attached hydrogens (tertiary/aromatic N) is 1. The number of nitrogens with one attached hydrogen (secondary N) is 2. The summed E-state index contributed by atoms with van der Waals surface area (Å²) in [5.41, 5.74) is 11.3. The van der Waals surface area contributed by atoms with E-state index in [0.717, 1.165) is 33.6 Å². The van der Waals surface area contributed by atoms with Gasteiger partial charge in [0.05, 0.1) is 7.11 Å². The average Bonchev–Trinajstić information content (AvgIpc) is 3.42. The molecule has 1 aliphatic heterocycles. The summed E-state index contributed by atoms with van der Waals surface area (Å²) in [7, 11) is 1.25. The lowest BCUT2D eigenvalue weighted by Crippen LogP contribution is -2.26. The van der Waals surface area contributed by atoms with Crippen molar-refractivity contribution in [2.75, 3.05) is 19.0 Å². The monoisotopic (exact) mass is 598 g/mol. The normalized spacial score (nSPS) is 13.7. The van der Waals surface area contributed by atoms with Gasteiger partial charge >= 0.3 is 5.97 Å². The number of benzene rings is 2. The maximum atomic E-state index is 14.1. The number of esters is 1. The molecule has 3 heterocycles. The van der Waals surface area contributed by atoms with Gasteiger partial charge in [0.2, 0.25) is 0 Å². The van der Waals surface area contributed by atoms with Crippen LogP contribution in [0, 0.1) is 6.92 Å². The molecule has 0 unspecified atom stereocenters. The molecule has 0 saturated heterocycles. The molecule has 5 rings (SSSR count). The molecule has 10 heteroatoms. The number of aryl methyl sites for hydroxylation is 1. The topological polar surface area (TPSA) is 133 Å². The second-order valence-corrected chi connectivity index (χ2v) is 11.4. The number of rotatable bonds is 8. The highest BCUT2D eigenvalue weighted by Gasteiger charge is 2.28. The summed E-state index contributed by atoms with van der Waals surface area (Å²) in [6.07, 6.45) is 1.35. The Morgan fingerprint density at radius 3 is 2.60 bits per heavy atom. The summed E-state index contributed by atoms with van der Waals surface area (Å²) >= 11 is 1.58. The fraction of sp³-hybridized carbons (Fsp3) is 0.273. The molecule has 0 saturated carbocycles. The van der Waals surface area contributed by atoms with Gasteiger partial charge in [0.25, 0.3) is 11.8 Å². The quantitative estimate of drug-likeness (QED) is 0.220. The van der Waals surface area contributed by atoms with Crippen molar-refractivity contribution >= 4 is 34.8 Å². The number of anilines is 1. The molecule has 0 bridgehead atoms. The van der Waals surface area contributed by atoms with Crippen molar-refractivity contribution < 1.29 is 23.9 Å². The molecule has 1 atom stereocenters. The third-order valence-corrected chi connectivity index (χ3v) is 8.29. The molecule has 222 valence electrons. The molecular formula is C33H34N4O5S. The number of carbonyl (C=O) groups excluding carboxylic acids is 3. The zero-order valence-corrected chi connectivity index (χ0v) is 25.4. The van der Waals surface area contributed by atoms with Crippen LogP contribution < -0.4 is 21.1 Å². The van der Waals surface area contributed by atoms with Gasteiger partial charge in [-0.3, -0.25) is 9.59 Å². The maximum Gasteiger partial charge on any atom is 0.357 e. The minimum absolute atomic E-state index is 0.0714. The van der Waals surface area contributed by atoms with Crippen LogP contribution >= 0.6 is 11.3 Å². The van der Waals surface area contributed by atoms with Crippen LogP contribution in [0.25, 0.3) is 21.6 Å². The molecule has 0 spiro atoms. The van der Waals surface area contributed by atoms with E-state index in [2.05, 4.69) is 21.7 Å². The van der Waals surface area contributed by atoms with Crippen LogP contribution in [0.1, 0.15) is 68.3 Å². The largest absolute Gasteiger partial charge is 0.490 e. The number of pyridine rings is 1. The molecule has 4 N–H and O–H groups in total. The van der Waals surface area contributed by atoms with E-state index in [1.807, 2.05) is 44.4 Å². The first-order chi connectivity index (χ1) is 20.7. The van der Waals surface area contributed by atoms with E-state index >= 15 is 0 Å². The molecule has 43 heavy (non-hydrogen) atoms. The van der Waals surface area contributed by atoms with Gasteiger partial charge in [0, 0.05) is 52.3 Å². The molecule has 9 nitrogen and oxygen atoms in total. The van der Waals surface area contributed by atoms with Gasteiger partial charge in [0.15, 0.2) is 5.69 Å². The number of amides is 2. The second-order valence-electron chi connectivity index (χ2n) is 10.4. The summed E-state index contributed by atoms with van der Waals surface area (Å²) in [6.45, 7) is 6.70. The predicted octanol–water partition coefficient (Wildman–Crippen LogP) is 5.75. The van der Waals surface area contributed by atoms with Crippen molar-refractivity contribution in [1.82, 2.24) is 10.3 Å². The Kier molecular flexibility index (Phi) is 8.89. The van der Waals surface area contributed by atoms with E-state index in [1.165, 1.54) is 13.2 Å². The van der Waals surface area contributed by atoms with Gasteiger partial charge in [-0.1, -0.05) is 19.1 Å². The van der Waals surface area contributed by atoms with E-state index in [0.29, 0.717) is 47.6 Å². The first-order valence-corrected chi connectivity index (χ1v) is 15.0. The molecule has 0 radical (unpaired) electrons. The molecule has 2 aromatic heterocycles. The number of thiophene rings is 1. The van der Waals surface area contributed by atoms with Crippen LogP contribution in [-0.2, 0) is 17.7 Å². The first-order valence-electron chi connectivity index (χ1n) is 14.1. The van der Waals surface area contributed by atoms with Crippen LogP contribution in [0.15, 0.2) is 53.9 Å². The molecule has 0 fully saturated rings. The van der Waals surface area contributed by atoms with Gasteiger partial charge in [0.1, 0.15) is 17.5 Å². The van der Waals surface area contributed by atoms with E-state index in [9.17, 15) is 14.4 Å². The Morgan fingerprint density at radius 2 is 1.88 bits per heavy atom. The third-order valence-electron chi connectivity index (χ3n) is 7.30. The Morgan fingerprint density at radius 1 is 1.07 bits per heavy atom. The standard InChI is InChI=1S/C33H34N4O5S/c1-5-11-35-32(39)27-9-7-22(29(36-27)33(40)41-4)23-16-28-25(30-21(10-12-43-30)14-19(3)42-28)15-24(23)31(38)37-26-8-6-20(17-34)13-18(26)2/h6-10,12-13,15-16,19H,5,11,14,17,34H2,1-4H3,(H,35,39)(H,37,38)/t19-/m1/s1. The Bertz CT molecular complexity index is 1710. The number of hydrogen-bond donors (Lipinski definition) is 3. The number of ether oxygens (including phenoxy) is 2. The number of methoxy groups -OCH3 is 1.